The van der Waals surface area contributed by atoms with Crippen molar-refractivity contribution in [3.63, 3.8) is 0 Å². The molecule has 0 aliphatic carbocycles. The summed E-state index contributed by atoms with van der Waals surface area (Å²) in [6, 6.07) is 10.4. The van der Waals surface area contributed by atoms with Crippen molar-refractivity contribution >= 4 is 6.16 Å². The van der Waals surface area contributed by atoms with E-state index in [2.05, 4.69) is 24.3 Å². The fourth-order valence-electron chi connectivity index (χ4n) is 2.52. The Hall–Kier alpha value is -1.59. The topological polar surface area (TPSA) is 57.3 Å². The van der Waals surface area contributed by atoms with Crippen molar-refractivity contribution in [2.45, 2.75) is 51.2 Å². The molecule has 1 heterocycles. The van der Waals surface area contributed by atoms with Crippen LogP contribution < -0.4 is 0 Å². The van der Waals surface area contributed by atoms with Gasteiger partial charge < -0.3 is 18.9 Å². The maximum Gasteiger partial charge on any atom is 0.510 e. The molecule has 24 heavy (non-hydrogen) atoms. The fourth-order valence-corrected chi connectivity index (χ4v) is 2.52. The van der Waals surface area contributed by atoms with Crippen LogP contribution in [-0.2, 0) is 25.4 Å². The van der Waals surface area contributed by atoms with E-state index in [1.54, 1.807) is 6.92 Å². The van der Waals surface area contributed by atoms with Crippen molar-refractivity contribution in [2.75, 3.05) is 26.4 Å². The predicted molar refractivity (Wildman–Crippen MR) is 90.8 cm³/mol. The summed E-state index contributed by atoms with van der Waals surface area (Å²) in [5.74, 6) is -0.710. The minimum Gasteiger partial charge on any atom is -0.435 e. The number of hydrogen-bond acceptors (Lipinski definition) is 5. The van der Waals surface area contributed by atoms with Crippen LogP contribution in [0.1, 0.15) is 44.6 Å². The SMILES string of the molecule is CCOC(=O)OC1(CCCCCCOCCc2ccccc2)CO1. The van der Waals surface area contributed by atoms with E-state index in [1.807, 2.05) is 6.07 Å². The van der Waals surface area contributed by atoms with E-state index in [4.69, 9.17) is 18.9 Å². The molecular weight excluding hydrogens is 308 g/mol. The Kier molecular flexibility index (Phi) is 8.05. The van der Waals surface area contributed by atoms with Crippen molar-refractivity contribution in [1.29, 1.82) is 0 Å². The summed E-state index contributed by atoms with van der Waals surface area (Å²) in [5, 5.41) is 0. The summed E-state index contributed by atoms with van der Waals surface area (Å²) in [6.07, 6.45) is 5.29. The third-order valence-electron chi connectivity index (χ3n) is 3.97. The first-order valence-corrected chi connectivity index (χ1v) is 8.85. The molecule has 0 bridgehead atoms. The van der Waals surface area contributed by atoms with Gasteiger partial charge in [0.05, 0.1) is 13.2 Å². The standard InChI is InChI=1S/C19H28O5/c1-2-22-18(20)24-19(16-23-19)13-8-3-4-9-14-21-15-12-17-10-6-5-7-11-17/h5-7,10-11H,2-4,8-9,12-16H2,1H3. The van der Waals surface area contributed by atoms with Crippen molar-refractivity contribution < 1.29 is 23.7 Å². The summed E-state index contributed by atoms with van der Waals surface area (Å²) in [7, 11) is 0. The molecule has 1 aliphatic heterocycles. The summed E-state index contributed by atoms with van der Waals surface area (Å²) < 4.78 is 20.9. The Morgan fingerprint density at radius 2 is 1.88 bits per heavy atom. The van der Waals surface area contributed by atoms with Crippen molar-refractivity contribution in [3.8, 4) is 0 Å². The van der Waals surface area contributed by atoms with Gasteiger partial charge in [0, 0.05) is 13.0 Å². The number of carbonyl (C=O) groups is 1. The van der Waals surface area contributed by atoms with Crippen molar-refractivity contribution in [1.82, 2.24) is 0 Å². The second kappa shape index (κ2) is 10.3. The van der Waals surface area contributed by atoms with Crippen LogP contribution in [0.4, 0.5) is 4.79 Å². The number of benzene rings is 1. The lowest BCUT2D eigenvalue weighted by molar-refractivity contribution is -0.0381. The van der Waals surface area contributed by atoms with Crippen LogP contribution in [0.5, 0.6) is 0 Å². The quantitative estimate of drug-likeness (QED) is 0.327. The molecule has 0 aromatic heterocycles. The highest BCUT2D eigenvalue weighted by molar-refractivity contribution is 5.60. The van der Waals surface area contributed by atoms with Crippen molar-refractivity contribution in [3.05, 3.63) is 35.9 Å². The number of hydrogen-bond donors (Lipinski definition) is 0. The van der Waals surface area contributed by atoms with Gasteiger partial charge in [-0.05, 0) is 31.7 Å². The highest BCUT2D eigenvalue weighted by Crippen LogP contribution is 2.34. The maximum atomic E-state index is 11.3. The lowest BCUT2D eigenvalue weighted by atomic mass is 10.1. The van der Waals surface area contributed by atoms with E-state index in [-0.39, 0.29) is 0 Å². The normalized spacial score (nSPS) is 19.0. The molecule has 0 saturated carbocycles. The smallest absolute Gasteiger partial charge is 0.435 e. The van der Waals surface area contributed by atoms with E-state index in [1.165, 1.54) is 5.56 Å². The van der Waals surface area contributed by atoms with Gasteiger partial charge in [-0.1, -0.05) is 43.2 Å². The second-order valence-corrected chi connectivity index (χ2v) is 6.00. The first-order valence-electron chi connectivity index (χ1n) is 8.85. The van der Waals surface area contributed by atoms with Crippen LogP contribution in [0.3, 0.4) is 0 Å². The maximum absolute atomic E-state index is 11.3. The molecule has 1 aromatic rings. The van der Waals surface area contributed by atoms with Crippen LogP contribution in [-0.4, -0.2) is 38.4 Å². The number of carbonyl (C=O) groups excluding carboxylic acids is 1. The molecule has 1 saturated heterocycles. The summed E-state index contributed by atoms with van der Waals surface area (Å²) in [5.41, 5.74) is 1.31. The van der Waals surface area contributed by atoms with Gasteiger partial charge in [-0.3, -0.25) is 0 Å². The third kappa shape index (κ3) is 7.32. The van der Waals surface area contributed by atoms with E-state index in [0.29, 0.717) is 13.2 Å². The van der Waals surface area contributed by atoms with Gasteiger partial charge >= 0.3 is 6.16 Å². The molecule has 2 rings (SSSR count). The van der Waals surface area contributed by atoms with Crippen LogP contribution in [0.2, 0.25) is 0 Å². The molecule has 5 heteroatoms. The number of ether oxygens (including phenoxy) is 4. The molecule has 5 nitrogen and oxygen atoms in total. The highest BCUT2D eigenvalue weighted by Gasteiger charge is 2.49. The Labute approximate surface area is 144 Å². The van der Waals surface area contributed by atoms with Gasteiger partial charge in [0.25, 0.3) is 0 Å². The summed E-state index contributed by atoms with van der Waals surface area (Å²) in [6.45, 7) is 4.12. The van der Waals surface area contributed by atoms with E-state index in [0.717, 1.165) is 51.7 Å². The largest absolute Gasteiger partial charge is 0.510 e. The molecule has 1 aliphatic rings. The average Bonchev–Trinajstić information content (AvgIpc) is 3.34. The average molecular weight is 336 g/mol. The predicted octanol–water partition coefficient (Wildman–Crippen LogP) is 4.10. The van der Waals surface area contributed by atoms with E-state index in [9.17, 15) is 4.79 Å². The molecule has 1 unspecified atom stereocenters. The van der Waals surface area contributed by atoms with Gasteiger partial charge in [0.1, 0.15) is 6.61 Å². The van der Waals surface area contributed by atoms with Crippen molar-refractivity contribution in [2.24, 2.45) is 0 Å². The Morgan fingerprint density at radius 1 is 1.12 bits per heavy atom. The molecule has 0 spiro atoms. The number of unbranched alkanes of at least 4 members (excludes halogenated alkanes) is 3. The summed E-state index contributed by atoms with van der Waals surface area (Å²) in [4.78, 5) is 11.3. The highest BCUT2D eigenvalue weighted by atomic mass is 16.8. The minimum absolute atomic E-state index is 0.319. The van der Waals surface area contributed by atoms with Gasteiger partial charge in [-0.25, -0.2) is 4.79 Å². The van der Waals surface area contributed by atoms with Gasteiger partial charge in [-0.15, -0.1) is 0 Å². The molecule has 1 atom stereocenters. The van der Waals surface area contributed by atoms with Crippen LogP contribution in [0.15, 0.2) is 30.3 Å². The number of epoxide rings is 1. The third-order valence-corrected chi connectivity index (χ3v) is 3.97. The first kappa shape index (κ1) is 18.7. The van der Waals surface area contributed by atoms with Crippen LogP contribution >= 0.6 is 0 Å². The first-order chi connectivity index (χ1) is 11.7. The summed E-state index contributed by atoms with van der Waals surface area (Å²) >= 11 is 0. The van der Waals surface area contributed by atoms with Crippen LogP contribution in [0, 0.1) is 0 Å². The van der Waals surface area contributed by atoms with Crippen LogP contribution in [0.25, 0.3) is 0 Å². The van der Waals surface area contributed by atoms with Gasteiger partial charge in [0.2, 0.25) is 5.79 Å². The molecule has 1 fully saturated rings. The molecular formula is C19H28O5. The number of rotatable bonds is 12. The Bertz CT molecular complexity index is 470. The van der Waals surface area contributed by atoms with E-state index < -0.39 is 11.9 Å². The minimum atomic E-state index is -0.710. The lowest BCUT2D eigenvalue weighted by Gasteiger charge is -2.12. The zero-order chi connectivity index (χ0) is 17.1. The molecule has 134 valence electrons. The fraction of sp³-hybridized carbons (Fsp3) is 0.632. The van der Waals surface area contributed by atoms with Gasteiger partial charge in [0.15, 0.2) is 0 Å². The molecule has 0 amide bonds. The van der Waals surface area contributed by atoms with E-state index >= 15 is 0 Å². The second-order valence-electron chi connectivity index (χ2n) is 6.00. The lowest BCUT2D eigenvalue weighted by Crippen LogP contribution is -2.22. The molecule has 0 N–H and O–H groups in total. The monoisotopic (exact) mass is 336 g/mol. The Morgan fingerprint density at radius 3 is 2.58 bits per heavy atom. The zero-order valence-electron chi connectivity index (χ0n) is 14.5. The molecule has 0 radical (unpaired) electrons. The van der Waals surface area contributed by atoms with Gasteiger partial charge in [-0.2, -0.15) is 0 Å². The zero-order valence-corrected chi connectivity index (χ0v) is 14.5. The molecule has 1 aromatic carbocycles. The Balaban J connectivity index is 1.41.